The number of nitrogens with zero attached hydrogens (tertiary/aromatic N) is 2. The number of amides is 3. The van der Waals surface area contributed by atoms with Crippen molar-refractivity contribution in [2.75, 3.05) is 31.3 Å². The normalized spacial score (nSPS) is 10.1. The van der Waals surface area contributed by atoms with Crippen molar-refractivity contribution in [2.24, 2.45) is 0 Å². The second kappa shape index (κ2) is 10.5. The zero-order chi connectivity index (χ0) is 20.8. The molecule has 0 spiro atoms. The van der Waals surface area contributed by atoms with Gasteiger partial charge in [0.2, 0.25) is 5.91 Å². The van der Waals surface area contributed by atoms with Crippen molar-refractivity contribution in [1.29, 1.82) is 0 Å². The van der Waals surface area contributed by atoms with E-state index in [-0.39, 0.29) is 24.3 Å². The second-order valence-corrected chi connectivity index (χ2v) is 6.87. The molecule has 3 N–H and O–H groups in total. The first-order valence-corrected chi connectivity index (χ1v) is 9.46. The highest BCUT2D eigenvalue weighted by atomic mass is 35.5. The number of hydrogen-bond acceptors (Lipinski definition) is 4. The second-order valence-electron chi connectivity index (χ2n) is 6.87. The average molecular weight is 428 g/mol. The molecule has 0 aliphatic rings. The largest absolute Gasteiger partial charge is 0.355 e. The molecule has 0 unspecified atom stereocenters. The van der Waals surface area contributed by atoms with Crippen molar-refractivity contribution in [2.45, 2.75) is 13.3 Å². The van der Waals surface area contributed by atoms with Gasteiger partial charge in [0.15, 0.2) is 0 Å². The Labute approximate surface area is 182 Å². The van der Waals surface area contributed by atoms with Crippen LogP contribution in [0.4, 0.5) is 22.0 Å². The van der Waals surface area contributed by atoms with Crippen molar-refractivity contribution in [3.63, 3.8) is 0 Å². The number of aromatic nitrogens is 1. The molecule has 158 valence electrons. The molecule has 0 radical (unpaired) electrons. The number of nitrogens with one attached hydrogen (secondary N) is 3. The van der Waals surface area contributed by atoms with Gasteiger partial charge in [-0.2, -0.15) is 0 Å². The Morgan fingerprint density at radius 2 is 1.80 bits per heavy atom. The maximum Gasteiger partial charge on any atom is 0.320 e. The van der Waals surface area contributed by atoms with Gasteiger partial charge in [0.25, 0.3) is 0 Å². The summed E-state index contributed by atoms with van der Waals surface area (Å²) in [4.78, 5) is 29.5. The van der Waals surface area contributed by atoms with Crippen LogP contribution >= 0.6 is 12.4 Å². The summed E-state index contributed by atoms with van der Waals surface area (Å²) in [5.74, 6) is 0.568. The van der Waals surface area contributed by atoms with Crippen molar-refractivity contribution in [1.82, 2.24) is 15.2 Å². The number of carbonyl (C=O) groups is 2. The molecule has 1 aromatic heterocycles. The van der Waals surface area contributed by atoms with Crippen LogP contribution < -0.4 is 16.0 Å². The maximum atomic E-state index is 11.8. The fraction of sp³-hybridized carbons (Fsp3) is 0.227. The average Bonchev–Trinajstić information content (AvgIpc) is 2.69. The van der Waals surface area contributed by atoms with E-state index in [0.717, 1.165) is 27.7 Å². The lowest BCUT2D eigenvalue weighted by molar-refractivity contribution is -0.127. The van der Waals surface area contributed by atoms with Crippen LogP contribution in [-0.2, 0) is 11.2 Å². The summed E-state index contributed by atoms with van der Waals surface area (Å²) in [5.41, 5.74) is 2.80. The first-order valence-electron chi connectivity index (χ1n) is 9.46. The first-order chi connectivity index (χ1) is 14.0. The minimum atomic E-state index is -0.276. The van der Waals surface area contributed by atoms with E-state index in [1.165, 1.54) is 0 Å². The molecule has 0 aliphatic carbocycles. The molecule has 3 amide bonds. The Morgan fingerprint density at radius 3 is 2.47 bits per heavy atom. The molecular formula is C22H26ClN5O2. The molecule has 2 aromatic carbocycles. The fourth-order valence-corrected chi connectivity index (χ4v) is 2.86. The highest BCUT2D eigenvalue weighted by Crippen LogP contribution is 2.27. The Morgan fingerprint density at radius 1 is 1.07 bits per heavy atom. The summed E-state index contributed by atoms with van der Waals surface area (Å²) < 4.78 is 0. The van der Waals surface area contributed by atoms with Crippen LogP contribution in [0.15, 0.2) is 54.7 Å². The fourth-order valence-electron chi connectivity index (χ4n) is 2.86. The van der Waals surface area contributed by atoms with Crippen molar-refractivity contribution >= 4 is 52.3 Å². The Kier molecular flexibility index (Phi) is 8.00. The number of rotatable bonds is 6. The molecule has 0 aliphatic heterocycles. The van der Waals surface area contributed by atoms with Gasteiger partial charge in [-0.25, -0.2) is 9.78 Å². The quantitative estimate of drug-likeness (QED) is 0.551. The van der Waals surface area contributed by atoms with E-state index in [1.54, 1.807) is 25.2 Å². The number of fused-ring (bicyclic) bond motifs is 1. The van der Waals surface area contributed by atoms with Crippen LogP contribution in [0, 0.1) is 0 Å². The van der Waals surface area contributed by atoms with Gasteiger partial charge in [-0.1, -0.05) is 24.3 Å². The minimum absolute atomic E-state index is 0. The zero-order valence-corrected chi connectivity index (χ0v) is 18.0. The predicted molar refractivity (Wildman–Crippen MR) is 124 cm³/mol. The van der Waals surface area contributed by atoms with Crippen LogP contribution in [0.3, 0.4) is 0 Å². The zero-order valence-electron chi connectivity index (χ0n) is 17.2. The Hall–Kier alpha value is -3.32. The minimum Gasteiger partial charge on any atom is -0.355 e. The Balaban J connectivity index is 0.00000320. The smallest absolute Gasteiger partial charge is 0.320 e. The SMILES string of the molecule is CCNC(=O)Nc1cc2cccc(Nc3ccc(CC(=O)N(C)C)cc3)c2cn1.Cl. The summed E-state index contributed by atoms with van der Waals surface area (Å²) in [6, 6.07) is 15.3. The van der Waals surface area contributed by atoms with Crippen LogP contribution in [0.2, 0.25) is 0 Å². The van der Waals surface area contributed by atoms with Crippen LogP contribution in [-0.4, -0.2) is 42.5 Å². The van der Waals surface area contributed by atoms with Gasteiger partial charge < -0.3 is 15.5 Å². The topological polar surface area (TPSA) is 86.4 Å². The summed E-state index contributed by atoms with van der Waals surface area (Å²) in [6.45, 7) is 2.41. The van der Waals surface area contributed by atoms with E-state index in [4.69, 9.17) is 0 Å². The predicted octanol–water partition coefficient (Wildman–Crippen LogP) is 4.17. The van der Waals surface area contributed by atoms with Gasteiger partial charge in [-0.3, -0.25) is 10.1 Å². The summed E-state index contributed by atoms with van der Waals surface area (Å²) in [6.07, 6.45) is 2.12. The van der Waals surface area contributed by atoms with Gasteiger partial charge in [0.1, 0.15) is 5.82 Å². The van der Waals surface area contributed by atoms with Crippen LogP contribution in [0.5, 0.6) is 0 Å². The number of halogens is 1. The molecule has 3 aromatic rings. The highest BCUT2D eigenvalue weighted by molar-refractivity contribution is 5.97. The standard InChI is InChI=1S/C22H25N5O2.ClH/c1-4-23-22(29)26-20-13-16-6-5-7-19(18(16)14-24-20)25-17-10-8-15(9-11-17)12-21(28)27(2)3;/h5-11,13-14,25H,4,12H2,1-3H3,(H2,23,24,26,29);1H. The molecule has 8 heteroatoms. The van der Waals surface area contributed by atoms with Gasteiger partial charge in [-0.05, 0) is 42.1 Å². The van der Waals surface area contributed by atoms with Crippen LogP contribution in [0.1, 0.15) is 12.5 Å². The van der Waals surface area contributed by atoms with Crippen LogP contribution in [0.25, 0.3) is 10.8 Å². The van der Waals surface area contributed by atoms with E-state index >= 15 is 0 Å². The van der Waals surface area contributed by atoms with Crippen molar-refractivity contribution in [3.05, 3.63) is 60.3 Å². The third kappa shape index (κ3) is 5.84. The number of anilines is 3. The molecule has 7 nitrogen and oxygen atoms in total. The molecule has 30 heavy (non-hydrogen) atoms. The van der Waals surface area contributed by atoms with Gasteiger partial charge in [0, 0.05) is 43.6 Å². The molecular weight excluding hydrogens is 402 g/mol. The maximum absolute atomic E-state index is 11.8. The molecule has 0 saturated heterocycles. The Bertz CT molecular complexity index is 1020. The lowest BCUT2D eigenvalue weighted by atomic mass is 10.1. The summed E-state index contributed by atoms with van der Waals surface area (Å²) in [7, 11) is 3.51. The molecule has 0 saturated carbocycles. The van der Waals surface area contributed by atoms with E-state index < -0.39 is 0 Å². The molecule has 0 fully saturated rings. The molecule has 3 rings (SSSR count). The summed E-state index contributed by atoms with van der Waals surface area (Å²) >= 11 is 0. The third-order valence-corrected chi connectivity index (χ3v) is 4.43. The van der Waals surface area contributed by atoms with Gasteiger partial charge in [0.05, 0.1) is 6.42 Å². The lowest BCUT2D eigenvalue weighted by Crippen LogP contribution is -2.28. The van der Waals surface area contributed by atoms with Crippen molar-refractivity contribution in [3.8, 4) is 0 Å². The summed E-state index contributed by atoms with van der Waals surface area (Å²) in [5, 5.41) is 10.7. The number of hydrogen-bond donors (Lipinski definition) is 3. The monoisotopic (exact) mass is 427 g/mol. The van der Waals surface area contributed by atoms with E-state index in [2.05, 4.69) is 20.9 Å². The van der Waals surface area contributed by atoms with Gasteiger partial charge in [-0.15, -0.1) is 12.4 Å². The number of urea groups is 1. The first kappa shape index (κ1) is 23.0. The molecule has 0 bridgehead atoms. The lowest BCUT2D eigenvalue weighted by Gasteiger charge is -2.12. The highest BCUT2D eigenvalue weighted by Gasteiger charge is 2.08. The van der Waals surface area contributed by atoms with E-state index in [1.807, 2.05) is 55.5 Å². The molecule has 0 atom stereocenters. The number of pyridine rings is 1. The molecule has 1 heterocycles. The number of benzene rings is 2. The van der Waals surface area contributed by atoms with E-state index in [9.17, 15) is 9.59 Å². The number of carbonyl (C=O) groups excluding carboxylic acids is 2. The van der Waals surface area contributed by atoms with Crippen molar-refractivity contribution < 1.29 is 9.59 Å². The number of likely N-dealkylation sites (N-methyl/N-ethyl adjacent to an activating group) is 1. The van der Waals surface area contributed by atoms with E-state index in [0.29, 0.717) is 18.8 Å². The van der Waals surface area contributed by atoms with Gasteiger partial charge >= 0.3 is 6.03 Å². The third-order valence-electron chi connectivity index (χ3n) is 4.43.